The van der Waals surface area contributed by atoms with E-state index in [9.17, 15) is 9.18 Å². The Morgan fingerprint density at radius 2 is 2.03 bits per heavy atom. The third-order valence-electron chi connectivity index (χ3n) is 5.67. The molecule has 1 saturated carbocycles. The first-order chi connectivity index (χ1) is 16.1. The van der Waals surface area contributed by atoms with E-state index in [4.69, 9.17) is 0 Å². The highest BCUT2D eigenvalue weighted by atomic mass is 32.2. The number of hydrogen-bond acceptors (Lipinski definition) is 7. The van der Waals surface area contributed by atoms with E-state index < -0.39 is 6.17 Å². The Morgan fingerprint density at radius 1 is 1.21 bits per heavy atom. The van der Waals surface area contributed by atoms with Gasteiger partial charge in [-0.3, -0.25) is 9.89 Å². The first-order valence-electron chi connectivity index (χ1n) is 11.2. The van der Waals surface area contributed by atoms with E-state index in [-0.39, 0.29) is 5.91 Å². The largest absolute Gasteiger partial charge is 0.353 e. The van der Waals surface area contributed by atoms with Gasteiger partial charge in [0.05, 0.1) is 12.2 Å². The Bertz CT molecular complexity index is 1130. The van der Waals surface area contributed by atoms with Gasteiger partial charge in [-0.05, 0) is 55.3 Å². The molecule has 0 radical (unpaired) electrons. The van der Waals surface area contributed by atoms with Gasteiger partial charge in [-0.2, -0.15) is 5.10 Å². The first-order valence-corrected chi connectivity index (χ1v) is 12.1. The van der Waals surface area contributed by atoms with Crippen molar-refractivity contribution in [2.24, 2.45) is 0 Å². The van der Waals surface area contributed by atoms with Gasteiger partial charge in [-0.1, -0.05) is 6.92 Å². The number of carbonyl (C=O) groups excluding carboxylic acids is 1. The van der Waals surface area contributed by atoms with Crippen molar-refractivity contribution in [3.8, 4) is 0 Å². The average molecular weight is 468 g/mol. The minimum absolute atomic E-state index is 0.0254. The molecule has 2 aliphatic rings. The summed E-state index contributed by atoms with van der Waals surface area (Å²) in [6.45, 7) is 2.78. The number of aromatic amines is 1. The zero-order valence-electron chi connectivity index (χ0n) is 18.3. The third-order valence-corrected chi connectivity index (χ3v) is 6.54. The molecular formula is C23H26FN7OS. The lowest BCUT2D eigenvalue weighted by molar-refractivity contribution is -0.115. The van der Waals surface area contributed by atoms with Crippen LogP contribution in [0.5, 0.6) is 0 Å². The van der Waals surface area contributed by atoms with Crippen molar-refractivity contribution >= 4 is 40.8 Å². The molecule has 2 fully saturated rings. The second-order valence-electron chi connectivity index (χ2n) is 8.36. The maximum Gasteiger partial charge on any atom is 0.224 e. The molecule has 8 nitrogen and oxygen atoms in total. The molecule has 1 aliphatic heterocycles. The molecule has 5 rings (SSSR count). The average Bonchev–Trinajstić information content (AvgIpc) is 3.40. The second kappa shape index (κ2) is 9.38. The Hall–Kier alpha value is -3.14. The summed E-state index contributed by atoms with van der Waals surface area (Å²) in [5.74, 6) is 2.63. The van der Waals surface area contributed by atoms with Crippen LogP contribution in [0.3, 0.4) is 0 Å². The number of carbonyl (C=O) groups is 1. The molecule has 1 amide bonds. The summed E-state index contributed by atoms with van der Waals surface area (Å²) in [6.07, 6.45) is 2.46. The van der Waals surface area contributed by atoms with Crippen molar-refractivity contribution in [3.05, 3.63) is 42.1 Å². The summed E-state index contributed by atoms with van der Waals surface area (Å²) in [7, 11) is 0. The Morgan fingerprint density at radius 3 is 2.73 bits per heavy atom. The summed E-state index contributed by atoms with van der Waals surface area (Å²) < 4.78 is 13.8. The summed E-state index contributed by atoms with van der Waals surface area (Å²) in [6, 6.07) is 11.4. The van der Waals surface area contributed by atoms with Crippen molar-refractivity contribution < 1.29 is 9.18 Å². The molecule has 1 aliphatic carbocycles. The van der Waals surface area contributed by atoms with E-state index in [0.29, 0.717) is 48.6 Å². The number of rotatable bonds is 8. The van der Waals surface area contributed by atoms with Crippen LogP contribution < -0.4 is 15.5 Å². The van der Waals surface area contributed by atoms with Crippen LogP contribution in [0.4, 0.5) is 27.5 Å². The molecule has 1 saturated heterocycles. The number of aromatic nitrogens is 4. The molecular weight excluding hydrogens is 441 g/mol. The number of amides is 1. The second-order valence-corrected chi connectivity index (χ2v) is 9.40. The summed E-state index contributed by atoms with van der Waals surface area (Å²) in [5, 5.41) is 14.1. The highest BCUT2D eigenvalue weighted by Crippen LogP contribution is 2.40. The van der Waals surface area contributed by atoms with Gasteiger partial charge in [0.2, 0.25) is 5.91 Å². The van der Waals surface area contributed by atoms with E-state index in [2.05, 4.69) is 30.8 Å². The predicted molar refractivity (Wildman–Crippen MR) is 127 cm³/mol. The Balaban J connectivity index is 1.36. The molecule has 2 aromatic heterocycles. The first kappa shape index (κ1) is 21.7. The minimum Gasteiger partial charge on any atom is -0.353 e. The minimum atomic E-state index is -0.841. The van der Waals surface area contributed by atoms with Crippen molar-refractivity contribution in [3.63, 3.8) is 0 Å². The van der Waals surface area contributed by atoms with E-state index >= 15 is 0 Å². The van der Waals surface area contributed by atoms with Crippen molar-refractivity contribution in [2.45, 2.75) is 54.7 Å². The van der Waals surface area contributed by atoms with Gasteiger partial charge >= 0.3 is 0 Å². The van der Waals surface area contributed by atoms with Crippen LogP contribution in [0, 0.1) is 0 Å². The Labute approximate surface area is 195 Å². The molecule has 1 atom stereocenters. The summed E-state index contributed by atoms with van der Waals surface area (Å²) >= 11 is 1.42. The third kappa shape index (κ3) is 5.44. The van der Waals surface area contributed by atoms with Crippen molar-refractivity contribution in [1.82, 2.24) is 20.2 Å². The van der Waals surface area contributed by atoms with Crippen LogP contribution in [-0.2, 0) is 4.79 Å². The summed E-state index contributed by atoms with van der Waals surface area (Å²) in [5.41, 5.74) is 1.82. The number of H-pyrrole nitrogens is 1. The molecule has 3 aromatic rings. The standard InChI is InChI=1S/C23H26FN7OS/c1-2-22(32)25-16-5-7-17(8-6-16)33-23-27-19(12-21(28-23)31-10-9-15(24)13-31)26-20-11-18(29-30-20)14-3-4-14/h5-8,11-12,14-15H,2-4,9-10,13H2,1H3,(H,25,32)(H2,26,27,28,29,30). The monoisotopic (exact) mass is 467 g/mol. The molecule has 0 bridgehead atoms. The van der Waals surface area contributed by atoms with E-state index in [0.717, 1.165) is 22.1 Å². The molecule has 3 heterocycles. The fourth-order valence-electron chi connectivity index (χ4n) is 3.70. The highest BCUT2D eigenvalue weighted by molar-refractivity contribution is 7.99. The Kier molecular flexibility index (Phi) is 6.17. The molecule has 0 spiro atoms. The van der Waals surface area contributed by atoms with Gasteiger partial charge in [-0.25, -0.2) is 14.4 Å². The van der Waals surface area contributed by atoms with Gasteiger partial charge in [-0.15, -0.1) is 0 Å². The lowest BCUT2D eigenvalue weighted by Crippen LogP contribution is -2.21. The van der Waals surface area contributed by atoms with Crippen LogP contribution in [0.1, 0.15) is 44.2 Å². The van der Waals surface area contributed by atoms with Crippen LogP contribution in [0.15, 0.2) is 46.5 Å². The lowest BCUT2D eigenvalue weighted by Gasteiger charge is -2.18. The molecule has 1 aromatic carbocycles. The maximum atomic E-state index is 13.8. The molecule has 172 valence electrons. The van der Waals surface area contributed by atoms with Crippen LogP contribution in [0.25, 0.3) is 0 Å². The quantitative estimate of drug-likeness (QED) is 0.407. The van der Waals surface area contributed by atoms with Crippen LogP contribution in [-0.4, -0.2) is 45.3 Å². The number of nitrogens with one attached hydrogen (secondary N) is 3. The number of alkyl halides is 1. The normalized spacial score (nSPS) is 17.9. The zero-order chi connectivity index (χ0) is 22.8. The fourth-order valence-corrected chi connectivity index (χ4v) is 4.46. The van der Waals surface area contributed by atoms with Crippen LogP contribution >= 0.6 is 11.8 Å². The van der Waals surface area contributed by atoms with Gasteiger partial charge < -0.3 is 15.5 Å². The number of benzene rings is 1. The van der Waals surface area contributed by atoms with Gasteiger partial charge in [0.15, 0.2) is 5.16 Å². The van der Waals surface area contributed by atoms with E-state index in [1.807, 2.05) is 48.2 Å². The molecule has 33 heavy (non-hydrogen) atoms. The topological polar surface area (TPSA) is 98.8 Å². The van der Waals surface area contributed by atoms with Crippen molar-refractivity contribution in [1.29, 1.82) is 0 Å². The number of nitrogens with zero attached hydrogens (tertiary/aromatic N) is 4. The number of anilines is 4. The number of halogens is 1. The molecule has 3 N–H and O–H groups in total. The maximum absolute atomic E-state index is 13.8. The van der Waals surface area contributed by atoms with E-state index in [1.54, 1.807) is 0 Å². The van der Waals surface area contributed by atoms with Gasteiger partial charge in [0.25, 0.3) is 0 Å². The SMILES string of the molecule is CCC(=O)Nc1ccc(Sc2nc(Nc3cc(C4CC4)n[nH]3)cc(N3CCC(F)C3)n2)cc1. The van der Waals surface area contributed by atoms with Gasteiger partial charge in [0.1, 0.15) is 23.6 Å². The van der Waals surface area contributed by atoms with E-state index in [1.165, 1.54) is 24.6 Å². The number of hydrogen-bond donors (Lipinski definition) is 3. The molecule has 1 unspecified atom stereocenters. The highest BCUT2D eigenvalue weighted by Gasteiger charge is 2.27. The van der Waals surface area contributed by atoms with Crippen molar-refractivity contribution in [2.75, 3.05) is 28.6 Å². The fraction of sp³-hybridized carbons (Fsp3) is 0.391. The van der Waals surface area contributed by atoms with Gasteiger partial charge in [0, 0.05) is 41.6 Å². The lowest BCUT2D eigenvalue weighted by atomic mass is 10.3. The predicted octanol–water partition coefficient (Wildman–Crippen LogP) is 4.87. The van der Waals surface area contributed by atoms with Crippen LogP contribution in [0.2, 0.25) is 0 Å². The smallest absolute Gasteiger partial charge is 0.224 e. The summed E-state index contributed by atoms with van der Waals surface area (Å²) in [4.78, 5) is 23.8. The molecule has 10 heteroatoms. The zero-order valence-corrected chi connectivity index (χ0v) is 19.2.